The molecule has 0 spiro atoms. The Morgan fingerprint density at radius 3 is 2.48 bits per heavy atom. The average molecular weight is 335 g/mol. The second kappa shape index (κ2) is 6.36. The van der Waals surface area contributed by atoms with Crippen LogP contribution in [-0.2, 0) is 4.79 Å². The molecule has 0 unspecified atom stereocenters. The van der Waals surface area contributed by atoms with E-state index in [0.717, 1.165) is 0 Å². The van der Waals surface area contributed by atoms with Crippen molar-refractivity contribution in [3.05, 3.63) is 40.4 Å². The van der Waals surface area contributed by atoms with E-state index in [1.54, 1.807) is 25.2 Å². The van der Waals surface area contributed by atoms with Crippen LogP contribution in [0.4, 0.5) is 5.69 Å². The third kappa shape index (κ3) is 3.58. The molecule has 1 aromatic carbocycles. The number of carbonyl (C=O) groups is 2. The molecule has 2 atom stereocenters. The Morgan fingerprint density at radius 1 is 1.26 bits per heavy atom. The van der Waals surface area contributed by atoms with Gasteiger partial charge in [-0.1, -0.05) is 37.1 Å². The third-order valence-electron chi connectivity index (χ3n) is 4.42. The van der Waals surface area contributed by atoms with E-state index in [-0.39, 0.29) is 29.1 Å². The number of amides is 2. The zero-order valence-corrected chi connectivity index (χ0v) is 14.9. The molecule has 4 nitrogen and oxygen atoms in total. The lowest BCUT2D eigenvalue weighted by Gasteiger charge is -2.11. The Balaban J connectivity index is 2.23. The van der Waals surface area contributed by atoms with E-state index in [1.807, 2.05) is 13.8 Å². The van der Waals surface area contributed by atoms with Crippen LogP contribution >= 0.6 is 11.6 Å². The molecule has 2 N–H and O–H groups in total. The normalized spacial score (nSPS) is 21.3. The molecular formula is C18H23ClN2O2. The van der Waals surface area contributed by atoms with Crippen LogP contribution in [0.25, 0.3) is 0 Å². The van der Waals surface area contributed by atoms with E-state index in [1.165, 1.54) is 5.57 Å². The smallest absolute Gasteiger partial charge is 0.253 e. The monoisotopic (exact) mass is 334 g/mol. The predicted molar refractivity (Wildman–Crippen MR) is 93.7 cm³/mol. The van der Waals surface area contributed by atoms with E-state index in [4.69, 9.17) is 11.6 Å². The van der Waals surface area contributed by atoms with Crippen LogP contribution in [-0.4, -0.2) is 18.9 Å². The minimum atomic E-state index is -0.257. The fourth-order valence-electron chi connectivity index (χ4n) is 3.01. The first-order valence-electron chi connectivity index (χ1n) is 7.66. The maximum atomic E-state index is 12.6. The molecule has 0 aliphatic heterocycles. The summed E-state index contributed by atoms with van der Waals surface area (Å²) in [5, 5.41) is 5.92. The quantitative estimate of drug-likeness (QED) is 0.821. The molecular weight excluding hydrogens is 312 g/mol. The van der Waals surface area contributed by atoms with Gasteiger partial charge in [0.25, 0.3) is 5.91 Å². The summed E-state index contributed by atoms with van der Waals surface area (Å²) in [5.41, 5.74) is 1.97. The summed E-state index contributed by atoms with van der Waals surface area (Å²) in [5.74, 6) is -0.221. The maximum absolute atomic E-state index is 12.6. The number of rotatable bonds is 4. The summed E-state index contributed by atoms with van der Waals surface area (Å²) in [6.07, 6.45) is 2.14. The predicted octanol–water partition coefficient (Wildman–Crippen LogP) is 3.88. The molecule has 1 fully saturated rings. The van der Waals surface area contributed by atoms with E-state index < -0.39 is 0 Å². The van der Waals surface area contributed by atoms with Gasteiger partial charge in [-0.05, 0) is 43.4 Å². The first-order valence-corrected chi connectivity index (χ1v) is 8.03. The molecule has 0 heterocycles. The van der Waals surface area contributed by atoms with E-state index >= 15 is 0 Å². The van der Waals surface area contributed by atoms with Crippen LogP contribution in [0.15, 0.2) is 29.8 Å². The van der Waals surface area contributed by atoms with Gasteiger partial charge in [0.15, 0.2) is 0 Å². The lowest BCUT2D eigenvalue weighted by molar-refractivity contribution is -0.118. The number of benzene rings is 1. The van der Waals surface area contributed by atoms with E-state index in [2.05, 4.69) is 30.6 Å². The summed E-state index contributed by atoms with van der Waals surface area (Å²) >= 11 is 6.00. The molecule has 5 heteroatoms. The van der Waals surface area contributed by atoms with Crippen LogP contribution in [0.5, 0.6) is 0 Å². The number of hydrogen-bond acceptors (Lipinski definition) is 2. The van der Waals surface area contributed by atoms with Crippen LogP contribution < -0.4 is 10.6 Å². The lowest BCUT2D eigenvalue weighted by atomic mass is 10.1. The van der Waals surface area contributed by atoms with Gasteiger partial charge in [-0.2, -0.15) is 0 Å². The summed E-state index contributed by atoms with van der Waals surface area (Å²) < 4.78 is 0. The minimum absolute atomic E-state index is 0.0763. The van der Waals surface area contributed by atoms with Crippen molar-refractivity contribution in [1.82, 2.24) is 5.32 Å². The topological polar surface area (TPSA) is 58.2 Å². The van der Waals surface area contributed by atoms with Crippen molar-refractivity contribution in [2.45, 2.75) is 27.7 Å². The van der Waals surface area contributed by atoms with Gasteiger partial charge in [0.1, 0.15) is 0 Å². The van der Waals surface area contributed by atoms with Crippen LogP contribution in [0, 0.1) is 17.3 Å². The highest BCUT2D eigenvalue weighted by Gasteiger charge is 2.60. The summed E-state index contributed by atoms with van der Waals surface area (Å²) in [6.45, 7) is 8.23. The molecule has 0 saturated heterocycles. The zero-order valence-electron chi connectivity index (χ0n) is 14.2. The Morgan fingerprint density at radius 2 is 1.91 bits per heavy atom. The first kappa shape index (κ1) is 17.5. The second-order valence-electron chi connectivity index (χ2n) is 6.83. The molecule has 1 aromatic rings. The SMILES string of the molecule is CNC(=O)c1ccc(Cl)cc1NC(=O)[C@H]1[C@H](C=C(C)C)C1(C)C. The second-order valence-corrected chi connectivity index (χ2v) is 7.26. The largest absolute Gasteiger partial charge is 0.355 e. The van der Waals surface area contributed by atoms with Crippen LogP contribution in [0.2, 0.25) is 5.02 Å². The number of allylic oxidation sites excluding steroid dienone is 2. The highest BCUT2D eigenvalue weighted by molar-refractivity contribution is 6.31. The molecule has 23 heavy (non-hydrogen) atoms. The fourth-order valence-corrected chi connectivity index (χ4v) is 3.18. The van der Waals surface area contributed by atoms with Gasteiger partial charge in [-0.25, -0.2) is 0 Å². The number of anilines is 1. The van der Waals surface area contributed by atoms with Gasteiger partial charge in [-0.15, -0.1) is 0 Å². The van der Waals surface area contributed by atoms with E-state index in [0.29, 0.717) is 16.3 Å². The molecule has 0 aromatic heterocycles. The van der Waals surface area contributed by atoms with Crippen molar-refractivity contribution in [2.24, 2.45) is 17.3 Å². The molecule has 1 aliphatic carbocycles. The Kier molecular flexibility index (Phi) is 4.85. The zero-order chi connectivity index (χ0) is 17.4. The van der Waals surface area contributed by atoms with Crippen LogP contribution in [0.1, 0.15) is 38.1 Å². The number of halogens is 1. The van der Waals surface area contributed by atoms with Gasteiger partial charge >= 0.3 is 0 Å². The summed E-state index contributed by atoms with van der Waals surface area (Å²) in [4.78, 5) is 24.6. The van der Waals surface area contributed by atoms with Crippen molar-refractivity contribution in [3.8, 4) is 0 Å². The first-order chi connectivity index (χ1) is 10.7. The molecule has 2 amide bonds. The fraction of sp³-hybridized carbons (Fsp3) is 0.444. The highest BCUT2D eigenvalue weighted by Crippen LogP contribution is 2.59. The molecule has 1 aliphatic rings. The lowest BCUT2D eigenvalue weighted by Crippen LogP contribution is -2.23. The van der Waals surface area contributed by atoms with Gasteiger partial charge in [-0.3, -0.25) is 9.59 Å². The minimum Gasteiger partial charge on any atom is -0.355 e. The Bertz CT molecular complexity index is 676. The van der Waals surface area contributed by atoms with Crippen molar-refractivity contribution >= 4 is 29.1 Å². The Labute approximate surface area is 142 Å². The summed E-state index contributed by atoms with van der Waals surface area (Å²) in [6, 6.07) is 4.85. The van der Waals surface area contributed by atoms with Crippen molar-refractivity contribution in [1.29, 1.82) is 0 Å². The van der Waals surface area contributed by atoms with Gasteiger partial charge in [0.2, 0.25) is 5.91 Å². The van der Waals surface area contributed by atoms with Crippen molar-refractivity contribution in [2.75, 3.05) is 12.4 Å². The molecule has 124 valence electrons. The van der Waals surface area contributed by atoms with Crippen LogP contribution in [0.3, 0.4) is 0 Å². The van der Waals surface area contributed by atoms with Gasteiger partial charge < -0.3 is 10.6 Å². The van der Waals surface area contributed by atoms with Gasteiger partial charge in [0.05, 0.1) is 17.2 Å². The van der Waals surface area contributed by atoms with Crippen molar-refractivity contribution < 1.29 is 9.59 Å². The maximum Gasteiger partial charge on any atom is 0.253 e. The molecule has 0 bridgehead atoms. The number of nitrogens with one attached hydrogen (secondary N) is 2. The highest BCUT2D eigenvalue weighted by atomic mass is 35.5. The molecule has 1 saturated carbocycles. The number of hydrogen-bond donors (Lipinski definition) is 2. The Hall–Kier alpha value is -1.81. The average Bonchev–Trinajstić information content (AvgIpc) is 2.98. The summed E-state index contributed by atoms with van der Waals surface area (Å²) in [7, 11) is 1.55. The van der Waals surface area contributed by atoms with E-state index in [9.17, 15) is 9.59 Å². The molecule has 2 rings (SSSR count). The van der Waals surface area contributed by atoms with Gasteiger partial charge in [0, 0.05) is 12.1 Å². The van der Waals surface area contributed by atoms with Crippen molar-refractivity contribution in [3.63, 3.8) is 0 Å². The molecule has 0 radical (unpaired) electrons. The standard InChI is InChI=1S/C18H23ClN2O2/c1-10(2)8-13-15(18(13,3)4)17(23)21-14-9-11(19)6-7-12(14)16(22)20-5/h6-9,13,15H,1-5H3,(H,20,22)(H,21,23)/t13-,15+/m0/s1. The number of carbonyl (C=O) groups excluding carboxylic acids is 2. The third-order valence-corrected chi connectivity index (χ3v) is 4.65.